The molecule has 0 saturated carbocycles. The van der Waals surface area contributed by atoms with Crippen molar-refractivity contribution in [2.24, 2.45) is 0 Å². The predicted octanol–water partition coefficient (Wildman–Crippen LogP) is 5.47. The van der Waals surface area contributed by atoms with Gasteiger partial charge in [-0.2, -0.15) is 0 Å². The summed E-state index contributed by atoms with van der Waals surface area (Å²) < 4.78 is 6.31. The number of fused-ring (bicyclic) bond motifs is 1. The lowest BCUT2D eigenvalue weighted by atomic mass is 10.0. The minimum Gasteiger partial charge on any atom is -0.491 e. The smallest absolute Gasteiger partial charge is 0.257 e. The number of ether oxygens (including phenoxy) is 1. The molecule has 1 aliphatic heterocycles. The maximum absolute atomic E-state index is 13.7. The van der Waals surface area contributed by atoms with Gasteiger partial charge in [-0.25, -0.2) is 0 Å². The number of nitrogens with zero attached hydrogens (tertiary/aromatic N) is 2. The maximum Gasteiger partial charge on any atom is 0.257 e. The van der Waals surface area contributed by atoms with E-state index in [-0.39, 0.29) is 17.9 Å². The first kappa shape index (κ1) is 24.5. The van der Waals surface area contributed by atoms with Gasteiger partial charge in [0.15, 0.2) is 0 Å². The van der Waals surface area contributed by atoms with E-state index < -0.39 is 0 Å². The van der Waals surface area contributed by atoms with E-state index in [2.05, 4.69) is 12.1 Å². The highest BCUT2D eigenvalue weighted by molar-refractivity contribution is 5.97. The minimum absolute atomic E-state index is 0.0197. The summed E-state index contributed by atoms with van der Waals surface area (Å²) in [5.74, 6) is 0.549. The van der Waals surface area contributed by atoms with Gasteiger partial charge >= 0.3 is 0 Å². The van der Waals surface area contributed by atoms with Crippen LogP contribution in [-0.2, 0) is 6.42 Å². The second-order valence-corrected chi connectivity index (χ2v) is 9.16. The standard InChI is InChI=1S/C30H34N2O3/c1-31-20-12-2-3-13-21-32(29(33)25-16-8-5-9-17-25)26(22-24-14-6-4-7-15-24)23-35-28-19-11-10-18-27(28)30(31)34/h4-11,14-19,26H,2-3,12-13,20-23H2,1H3/t26-/m1/s1. The predicted molar refractivity (Wildman–Crippen MR) is 139 cm³/mol. The van der Waals surface area contributed by atoms with Crippen molar-refractivity contribution in [3.8, 4) is 5.75 Å². The van der Waals surface area contributed by atoms with Crippen LogP contribution in [-0.4, -0.2) is 54.4 Å². The number of carbonyl (C=O) groups is 2. The van der Waals surface area contributed by atoms with Crippen LogP contribution in [0.1, 0.15) is 52.0 Å². The summed E-state index contributed by atoms with van der Waals surface area (Å²) >= 11 is 0. The van der Waals surface area contributed by atoms with Gasteiger partial charge in [-0.1, -0.05) is 73.5 Å². The number of benzene rings is 3. The second-order valence-electron chi connectivity index (χ2n) is 9.16. The quantitative estimate of drug-likeness (QED) is 0.510. The number of hydrogen-bond acceptors (Lipinski definition) is 3. The summed E-state index contributed by atoms with van der Waals surface area (Å²) in [6.45, 7) is 1.68. The van der Waals surface area contributed by atoms with Crippen molar-refractivity contribution in [2.45, 2.75) is 38.1 Å². The third-order valence-corrected chi connectivity index (χ3v) is 6.57. The monoisotopic (exact) mass is 470 g/mol. The molecule has 5 nitrogen and oxygen atoms in total. The van der Waals surface area contributed by atoms with Gasteiger partial charge in [0.05, 0.1) is 11.6 Å². The van der Waals surface area contributed by atoms with E-state index in [0.29, 0.717) is 43.0 Å². The highest BCUT2D eigenvalue weighted by Crippen LogP contribution is 2.23. The first-order valence-electron chi connectivity index (χ1n) is 12.5. The molecule has 3 aromatic rings. The lowest BCUT2D eigenvalue weighted by Crippen LogP contribution is -2.45. The largest absolute Gasteiger partial charge is 0.491 e. The van der Waals surface area contributed by atoms with Crippen LogP contribution < -0.4 is 4.74 Å². The Morgan fingerprint density at radius 2 is 1.46 bits per heavy atom. The fourth-order valence-electron chi connectivity index (χ4n) is 4.59. The fourth-order valence-corrected chi connectivity index (χ4v) is 4.59. The minimum atomic E-state index is -0.172. The van der Waals surface area contributed by atoms with Crippen molar-refractivity contribution in [1.29, 1.82) is 0 Å². The molecule has 35 heavy (non-hydrogen) atoms. The van der Waals surface area contributed by atoms with Crippen LogP contribution in [0.25, 0.3) is 0 Å². The van der Waals surface area contributed by atoms with Crippen LogP contribution in [0.5, 0.6) is 5.75 Å². The molecule has 4 rings (SSSR count). The molecule has 0 N–H and O–H groups in total. The molecule has 0 aromatic heterocycles. The lowest BCUT2D eigenvalue weighted by molar-refractivity contribution is 0.0599. The fraction of sp³-hybridized carbons (Fsp3) is 0.333. The van der Waals surface area contributed by atoms with Gasteiger partial charge in [-0.3, -0.25) is 9.59 Å². The van der Waals surface area contributed by atoms with Crippen LogP contribution in [0.15, 0.2) is 84.9 Å². The van der Waals surface area contributed by atoms with E-state index in [1.54, 1.807) is 4.90 Å². The molecule has 0 unspecified atom stereocenters. The topological polar surface area (TPSA) is 49.9 Å². The van der Waals surface area contributed by atoms with Gasteiger partial charge in [0, 0.05) is 25.7 Å². The molecule has 1 aliphatic rings. The third-order valence-electron chi connectivity index (χ3n) is 6.57. The number of hydrogen-bond donors (Lipinski definition) is 0. The van der Waals surface area contributed by atoms with E-state index in [1.807, 2.05) is 84.7 Å². The summed E-state index contributed by atoms with van der Waals surface area (Å²) in [6, 6.07) is 26.9. The average molecular weight is 471 g/mol. The summed E-state index contributed by atoms with van der Waals surface area (Å²) in [6.07, 6.45) is 4.56. The Kier molecular flexibility index (Phi) is 8.55. The summed E-state index contributed by atoms with van der Waals surface area (Å²) in [5, 5.41) is 0. The molecule has 3 aromatic carbocycles. The summed E-state index contributed by atoms with van der Waals surface area (Å²) in [4.78, 5) is 30.6. The van der Waals surface area contributed by atoms with Gasteiger partial charge in [0.2, 0.25) is 0 Å². The van der Waals surface area contributed by atoms with Crippen LogP contribution in [0, 0.1) is 0 Å². The normalized spacial score (nSPS) is 17.7. The molecule has 0 aliphatic carbocycles. The first-order chi connectivity index (χ1) is 17.1. The molecule has 0 fully saturated rings. The number of carbonyl (C=O) groups excluding carboxylic acids is 2. The molecule has 1 heterocycles. The lowest BCUT2D eigenvalue weighted by Gasteiger charge is -2.33. The van der Waals surface area contributed by atoms with Crippen LogP contribution in [0.4, 0.5) is 0 Å². The molecule has 5 heteroatoms. The Bertz CT molecular complexity index is 1100. The van der Waals surface area contributed by atoms with Crippen LogP contribution in [0.3, 0.4) is 0 Å². The van der Waals surface area contributed by atoms with Gasteiger partial charge in [0.1, 0.15) is 12.4 Å². The van der Waals surface area contributed by atoms with Gasteiger partial charge < -0.3 is 14.5 Å². The Labute approximate surface area is 208 Å². The van der Waals surface area contributed by atoms with E-state index in [9.17, 15) is 9.59 Å². The summed E-state index contributed by atoms with van der Waals surface area (Å²) in [7, 11) is 1.85. The van der Waals surface area contributed by atoms with Crippen LogP contribution in [0.2, 0.25) is 0 Å². The highest BCUT2D eigenvalue weighted by Gasteiger charge is 2.27. The molecule has 0 radical (unpaired) electrons. The highest BCUT2D eigenvalue weighted by atomic mass is 16.5. The van der Waals surface area contributed by atoms with E-state index in [0.717, 1.165) is 31.2 Å². The molecule has 0 spiro atoms. The Morgan fingerprint density at radius 3 is 2.20 bits per heavy atom. The molecular formula is C30H34N2O3. The number of amides is 2. The van der Waals surface area contributed by atoms with Gasteiger partial charge in [0.25, 0.3) is 11.8 Å². The van der Waals surface area contributed by atoms with Gasteiger partial charge in [-0.15, -0.1) is 0 Å². The zero-order chi connectivity index (χ0) is 24.5. The van der Waals surface area contributed by atoms with E-state index in [1.165, 1.54) is 0 Å². The zero-order valence-electron chi connectivity index (χ0n) is 20.4. The SMILES string of the molecule is CN1CCCCCCN(C(=O)c2ccccc2)[C@H](Cc2ccccc2)COc2ccccc2C1=O. The molecule has 2 amide bonds. The van der Waals surface area contributed by atoms with Crippen molar-refractivity contribution in [1.82, 2.24) is 9.80 Å². The molecule has 182 valence electrons. The Morgan fingerprint density at radius 1 is 0.829 bits per heavy atom. The van der Waals surface area contributed by atoms with Crippen molar-refractivity contribution in [3.05, 3.63) is 102 Å². The van der Waals surface area contributed by atoms with E-state index in [4.69, 9.17) is 4.74 Å². The number of rotatable bonds is 3. The zero-order valence-corrected chi connectivity index (χ0v) is 20.4. The third kappa shape index (κ3) is 6.50. The van der Waals surface area contributed by atoms with E-state index >= 15 is 0 Å². The average Bonchev–Trinajstić information content (AvgIpc) is 2.91. The first-order valence-corrected chi connectivity index (χ1v) is 12.5. The summed E-state index contributed by atoms with van der Waals surface area (Å²) in [5.41, 5.74) is 2.40. The van der Waals surface area contributed by atoms with Gasteiger partial charge in [-0.05, 0) is 49.1 Å². The molecular weight excluding hydrogens is 436 g/mol. The Balaban J connectivity index is 1.67. The van der Waals surface area contributed by atoms with Crippen LogP contribution >= 0.6 is 0 Å². The number of para-hydroxylation sites is 1. The van der Waals surface area contributed by atoms with Crippen molar-refractivity contribution in [3.63, 3.8) is 0 Å². The van der Waals surface area contributed by atoms with Crippen molar-refractivity contribution in [2.75, 3.05) is 26.7 Å². The molecule has 0 saturated heterocycles. The van der Waals surface area contributed by atoms with Crippen molar-refractivity contribution < 1.29 is 14.3 Å². The molecule has 1 atom stereocenters. The maximum atomic E-state index is 13.7. The second kappa shape index (κ2) is 12.2. The molecule has 0 bridgehead atoms. The Hall–Kier alpha value is -3.60. The van der Waals surface area contributed by atoms with Crippen molar-refractivity contribution >= 4 is 11.8 Å².